The lowest BCUT2D eigenvalue weighted by Crippen LogP contribution is -2.20. The number of hydrogen-bond donors (Lipinski definition) is 2. The van der Waals surface area contributed by atoms with Crippen molar-refractivity contribution >= 4 is 22.4 Å². The number of nitrogens with one attached hydrogen (secondary N) is 2. The number of para-hydroxylation sites is 1. The van der Waals surface area contributed by atoms with Gasteiger partial charge in [-0.25, -0.2) is 9.97 Å². The van der Waals surface area contributed by atoms with Gasteiger partial charge in [-0.1, -0.05) is 42.5 Å². The molecule has 0 fully saturated rings. The third-order valence-electron chi connectivity index (χ3n) is 7.23. The molecule has 2 aromatic carbocycles. The molecule has 2 N–H and O–H groups in total. The van der Waals surface area contributed by atoms with Gasteiger partial charge < -0.3 is 25.0 Å². The number of rotatable bonds is 15. The third kappa shape index (κ3) is 7.91. The van der Waals surface area contributed by atoms with E-state index in [1.807, 2.05) is 6.07 Å². The molecule has 0 atom stereocenters. The number of aromatic nitrogens is 3. The van der Waals surface area contributed by atoms with E-state index in [1.54, 1.807) is 11.3 Å². The Hall–Kier alpha value is -3.40. The number of hydrogen-bond acceptors (Lipinski definition) is 7. The van der Waals surface area contributed by atoms with E-state index in [4.69, 9.17) is 9.97 Å². The van der Waals surface area contributed by atoms with Crippen molar-refractivity contribution in [2.75, 3.05) is 54.4 Å². The number of thiophene rings is 1. The lowest BCUT2D eigenvalue weighted by atomic mass is 10.1. The number of benzene rings is 2. The molecule has 0 radical (unpaired) electrons. The summed E-state index contributed by atoms with van der Waals surface area (Å²) in [6.45, 7) is 5.93. The van der Waals surface area contributed by atoms with E-state index < -0.39 is 0 Å². The van der Waals surface area contributed by atoms with Crippen molar-refractivity contribution in [1.82, 2.24) is 35.0 Å². The first-order chi connectivity index (χ1) is 20.5. The number of fused-ring (bicyclic) bond motifs is 1. The van der Waals surface area contributed by atoms with Crippen LogP contribution in [0.3, 0.4) is 0 Å². The quantitative estimate of drug-likeness (QED) is 0.150. The average molecular weight is 582 g/mol. The van der Waals surface area contributed by atoms with Gasteiger partial charge in [0, 0.05) is 40.8 Å². The zero-order valence-corrected chi connectivity index (χ0v) is 26.1. The molecule has 0 bridgehead atoms. The van der Waals surface area contributed by atoms with Gasteiger partial charge in [0.1, 0.15) is 5.65 Å². The molecule has 0 aliphatic carbocycles. The molecule has 0 amide bonds. The van der Waals surface area contributed by atoms with Crippen LogP contribution in [0.25, 0.3) is 38.7 Å². The largest absolute Gasteiger partial charge is 0.313 e. The fourth-order valence-corrected chi connectivity index (χ4v) is 5.91. The van der Waals surface area contributed by atoms with Crippen LogP contribution >= 0.6 is 11.3 Å². The Labute approximate surface area is 254 Å². The molecule has 0 unspecified atom stereocenters. The van der Waals surface area contributed by atoms with Gasteiger partial charge in [-0.3, -0.25) is 0 Å². The molecule has 42 heavy (non-hydrogen) atoms. The van der Waals surface area contributed by atoms with Crippen molar-refractivity contribution in [1.29, 1.82) is 0 Å². The summed E-state index contributed by atoms with van der Waals surface area (Å²) in [6, 6.07) is 25.7. The molecule has 220 valence electrons. The van der Waals surface area contributed by atoms with E-state index in [0.29, 0.717) is 0 Å². The fraction of sp³-hybridized carbons (Fsp3) is 0.353. The van der Waals surface area contributed by atoms with E-state index in [0.717, 1.165) is 90.8 Å². The summed E-state index contributed by atoms with van der Waals surface area (Å²) >= 11 is 1.77. The highest BCUT2D eigenvalue weighted by Crippen LogP contribution is 2.33. The lowest BCUT2D eigenvalue weighted by molar-refractivity contribution is 0.394. The summed E-state index contributed by atoms with van der Waals surface area (Å²) in [7, 11) is 8.47. The molecule has 8 heteroatoms. The summed E-state index contributed by atoms with van der Waals surface area (Å²) in [5.41, 5.74) is 5.35. The summed E-state index contributed by atoms with van der Waals surface area (Å²) in [6.07, 6.45) is 4.38. The Morgan fingerprint density at radius 2 is 1.43 bits per heavy atom. The minimum absolute atomic E-state index is 0.767. The normalized spacial score (nSPS) is 11.8. The molecule has 5 aromatic rings. The maximum atomic E-state index is 5.16. The van der Waals surface area contributed by atoms with E-state index in [-0.39, 0.29) is 0 Å². The molecule has 0 saturated heterocycles. The first-order valence-corrected chi connectivity index (χ1v) is 15.6. The van der Waals surface area contributed by atoms with E-state index in [1.165, 1.54) is 10.4 Å². The summed E-state index contributed by atoms with van der Waals surface area (Å²) in [5, 5.41) is 8.20. The van der Waals surface area contributed by atoms with Crippen LogP contribution in [0.15, 0.2) is 79.0 Å². The Morgan fingerprint density at radius 3 is 2.12 bits per heavy atom. The zero-order valence-electron chi connectivity index (χ0n) is 25.3. The first kappa shape index (κ1) is 30.1. The van der Waals surface area contributed by atoms with E-state index >= 15 is 0 Å². The van der Waals surface area contributed by atoms with Gasteiger partial charge in [0.2, 0.25) is 0 Å². The maximum absolute atomic E-state index is 5.16. The molecule has 0 spiro atoms. The Bertz CT molecular complexity index is 1540. The fourth-order valence-electron chi connectivity index (χ4n) is 5.00. The van der Waals surface area contributed by atoms with Crippen molar-refractivity contribution in [3.63, 3.8) is 0 Å². The summed E-state index contributed by atoms with van der Waals surface area (Å²) < 4.78 is 2.16. The predicted octanol–water partition coefficient (Wildman–Crippen LogP) is 5.90. The monoisotopic (exact) mass is 581 g/mol. The highest BCUT2D eigenvalue weighted by molar-refractivity contribution is 7.15. The Kier molecular flexibility index (Phi) is 10.5. The van der Waals surface area contributed by atoms with Crippen LogP contribution in [0.5, 0.6) is 0 Å². The highest BCUT2D eigenvalue weighted by Gasteiger charge is 2.16. The highest BCUT2D eigenvalue weighted by atomic mass is 32.1. The number of nitrogens with zero attached hydrogens (tertiary/aromatic N) is 5. The van der Waals surface area contributed by atoms with E-state index in [9.17, 15) is 0 Å². The molecule has 3 aromatic heterocycles. The standard InChI is InChI=1S/C34H43N7S/c1-39(2)21-8-19-35-24-26-12-14-27(15-13-26)32-30-18-23-41(28-10-6-5-7-11-28)34(30)38-33(37-32)31-17-16-29(42-31)25-36-20-9-22-40(3)4/h5-7,10-18,23,35-36H,8-9,19-22,24-25H2,1-4H3. The second-order valence-corrected chi connectivity index (χ2v) is 12.5. The van der Waals surface area contributed by atoms with Crippen LogP contribution in [0, 0.1) is 0 Å². The first-order valence-electron chi connectivity index (χ1n) is 14.8. The molecule has 3 heterocycles. The van der Waals surface area contributed by atoms with Crippen LogP contribution in [0.4, 0.5) is 0 Å². The van der Waals surface area contributed by atoms with Crippen molar-refractivity contribution in [3.05, 3.63) is 89.4 Å². The molecule has 0 aliphatic rings. The minimum atomic E-state index is 0.767. The minimum Gasteiger partial charge on any atom is -0.313 e. The van der Waals surface area contributed by atoms with E-state index in [2.05, 4.69) is 126 Å². The molecule has 0 saturated carbocycles. The van der Waals surface area contributed by atoms with Crippen LogP contribution in [-0.4, -0.2) is 78.7 Å². The van der Waals surface area contributed by atoms with Crippen LogP contribution in [0.2, 0.25) is 0 Å². The van der Waals surface area contributed by atoms with Crippen LogP contribution in [0.1, 0.15) is 23.3 Å². The van der Waals surface area contributed by atoms with Crippen molar-refractivity contribution in [2.45, 2.75) is 25.9 Å². The molecular formula is C34H43N7S. The SMILES string of the molecule is CN(C)CCCNCc1ccc(-c2nc(-c3ccc(CNCCCN(C)C)s3)nc3c2ccn3-c2ccccc2)cc1. The Balaban J connectivity index is 1.40. The van der Waals surface area contributed by atoms with Crippen molar-refractivity contribution in [2.24, 2.45) is 0 Å². The second-order valence-electron chi connectivity index (χ2n) is 11.3. The summed E-state index contributed by atoms with van der Waals surface area (Å²) in [4.78, 5) is 17.1. The van der Waals surface area contributed by atoms with Crippen molar-refractivity contribution in [3.8, 4) is 27.6 Å². The topological polar surface area (TPSA) is 61.2 Å². The van der Waals surface area contributed by atoms with Crippen molar-refractivity contribution < 1.29 is 0 Å². The van der Waals surface area contributed by atoms with Crippen LogP contribution < -0.4 is 10.6 Å². The zero-order chi connectivity index (χ0) is 29.3. The van der Waals surface area contributed by atoms with Gasteiger partial charge in [0.05, 0.1) is 10.6 Å². The van der Waals surface area contributed by atoms with Gasteiger partial charge in [0.15, 0.2) is 5.82 Å². The molecule has 7 nitrogen and oxygen atoms in total. The smallest absolute Gasteiger partial charge is 0.172 e. The van der Waals surface area contributed by atoms with Gasteiger partial charge in [0.25, 0.3) is 0 Å². The lowest BCUT2D eigenvalue weighted by Gasteiger charge is -2.11. The van der Waals surface area contributed by atoms with Gasteiger partial charge in [-0.15, -0.1) is 11.3 Å². The maximum Gasteiger partial charge on any atom is 0.172 e. The predicted molar refractivity (Wildman–Crippen MR) is 177 cm³/mol. The van der Waals surface area contributed by atoms with Crippen LogP contribution in [-0.2, 0) is 13.1 Å². The average Bonchev–Trinajstić information content (AvgIpc) is 3.64. The van der Waals surface area contributed by atoms with Gasteiger partial charge in [-0.2, -0.15) is 0 Å². The summed E-state index contributed by atoms with van der Waals surface area (Å²) in [5.74, 6) is 0.767. The third-order valence-corrected chi connectivity index (χ3v) is 8.32. The van der Waals surface area contributed by atoms with Gasteiger partial charge >= 0.3 is 0 Å². The Morgan fingerprint density at radius 1 is 0.738 bits per heavy atom. The molecular weight excluding hydrogens is 538 g/mol. The molecule has 0 aliphatic heterocycles. The van der Waals surface area contributed by atoms with Gasteiger partial charge in [-0.05, 0) is 103 Å². The molecule has 5 rings (SSSR count). The second kappa shape index (κ2) is 14.7.